The summed E-state index contributed by atoms with van der Waals surface area (Å²) in [5, 5.41) is 0.583. The summed E-state index contributed by atoms with van der Waals surface area (Å²) in [5.74, 6) is 0.347. The average molecular weight is 342 g/mol. The van der Waals surface area contributed by atoms with E-state index in [0.29, 0.717) is 16.8 Å². The van der Waals surface area contributed by atoms with Crippen LogP contribution in [0.5, 0.6) is 5.88 Å². The van der Waals surface area contributed by atoms with E-state index in [-0.39, 0.29) is 10.8 Å². The van der Waals surface area contributed by atoms with Crippen molar-refractivity contribution in [2.24, 2.45) is 0 Å². The molecule has 1 heterocycles. The highest BCUT2D eigenvalue weighted by atomic mass is 32.2. The lowest BCUT2D eigenvalue weighted by molar-refractivity contribution is 0.479. The van der Waals surface area contributed by atoms with Gasteiger partial charge in [0.05, 0.1) is 10.9 Å². The molecule has 0 aliphatic rings. The van der Waals surface area contributed by atoms with Crippen molar-refractivity contribution in [1.82, 2.24) is 9.97 Å². The minimum absolute atomic E-state index is 0.0445. The second-order valence-corrected chi connectivity index (χ2v) is 7.51. The SMILES string of the molecule is Cc1ccc(S(=O)(=O)Oc2ncnc3ccc(C(C)C)cc23)cc1. The van der Waals surface area contributed by atoms with Crippen molar-refractivity contribution >= 4 is 21.0 Å². The highest BCUT2D eigenvalue weighted by Gasteiger charge is 2.19. The van der Waals surface area contributed by atoms with Gasteiger partial charge in [-0.25, -0.2) is 9.97 Å². The van der Waals surface area contributed by atoms with Gasteiger partial charge in [0.2, 0.25) is 5.88 Å². The van der Waals surface area contributed by atoms with E-state index in [1.807, 2.05) is 25.1 Å². The van der Waals surface area contributed by atoms with Crippen LogP contribution in [0.2, 0.25) is 0 Å². The van der Waals surface area contributed by atoms with Gasteiger partial charge in [0.1, 0.15) is 11.2 Å². The highest BCUT2D eigenvalue weighted by Crippen LogP contribution is 2.28. The van der Waals surface area contributed by atoms with E-state index < -0.39 is 10.1 Å². The number of aromatic nitrogens is 2. The summed E-state index contributed by atoms with van der Waals surface area (Å²) in [6, 6.07) is 12.2. The number of hydrogen-bond donors (Lipinski definition) is 0. The Balaban J connectivity index is 2.06. The molecule has 0 spiro atoms. The van der Waals surface area contributed by atoms with Crippen LogP contribution in [0.25, 0.3) is 10.9 Å². The molecule has 1 aromatic heterocycles. The van der Waals surface area contributed by atoms with Crippen LogP contribution in [0.4, 0.5) is 0 Å². The van der Waals surface area contributed by atoms with Crippen molar-refractivity contribution in [3.8, 4) is 5.88 Å². The second-order valence-electron chi connectivity index (χ2n) is 5.96. The monoisotopic (exact) mass is 342 g/mol. The zero-order valence-electron chi connectivity index (χ0n) is 13.7. The van der Waals surface area contributed by atoms with Crippen LogP contribution in [-0.4, -0.2) is 18.4 Å². The van der Waals surface area contributed by atoms with Crippen molar-refractivity contribution in [2.45, 2.75) is 31.6 Å². The minimum atomic E-state index is -3.94. The molecule has 2 aromatic carbocycles. The van der Waals surface area contributed by atoms with E-state index >= 15 is 0 Å². The Hall–Kier alpha value is -2.47. The Morgan fingerprint density at radius 1 is 1.00 bits per heavy atom. The molecule has 0 N–H and O–H groups in total. The summed E-state index contributed by atoms with van der Waals surface area (Å²) in [7, 11) is -3.94. The fraction of sp³-hybridized carbons (Fsp3) is 0.222. The van der Waals surface area contributed by atoms with Gasteiger partial charge in [0, 0.05) is 0 Å². The van der Waals surface area contributed by atoms with Crippen molar-refractivity contribution in [1.29, 1.82) is 0 Å². The van der Waals surface area contributed by atoms with Gasteiger partial charge in [-0.1, -0.05) is 37.6 Å². The lowest BCUT2D eigenvalue weighted by Gasteiger charge is -2.10. The van der Waals surface area contributed by atoms with Crippen LogP contribution >= 0.6 is 0 Å². The molecular formula is C18H18N2O3S. The molecule has 0 aliphatic heterocycles. The third kappa shape index (κ3) is 3.23. The first-order chi connectivity index (χ1) is 11.4. The summed E-state index contributed by atoms with van der Waals surface area (Å²) in [4.78, 5) is 8.29. The quantitative estimate of drug-likeness (QED) is 0.674. The van der Waals surface area contributed by atoms with E-state index in [1.54, 1.807) is 12.1 Å². The lowest BCUT2D eigenvalue weighted by Crippen LogP contribution is -2.11. The van der Waals surface area contributed by atoms with Crippen molar-refractivity contribution in [3.63, 3.8) is 0 Å². The number of fused-ring (bicyclic) bond motifs is 1. The van der Waals surface area contributed by atoms with Gasteiger partial charge in [-0.15, -0.1) is 0 Å². The van der Waals surface area contributed by atoms with Gasteiger partial charge in [-0.3, -0.25) is 0 Å². The van der Waals surface area contributed by atoms with Gasteiger partial charge in [-0.2, -0.15) is 8.42 Å². The van der Waals surface area contributed by atoms with Gasteiger partial charge in [-0.05, 0) is 42.7 Å². The van der Waals surface area contributed by atoms with Gasteiger partial charge in [0.15, 0.2) is 0 Å². The third-order valence-electron chi connectivity index (χ3n) is 3.79. The maximum Gasteiger partial charge on any atom is 0.340 e. The van der Waals surface area contributed by atoms with Gasteiger partial charge in [0.25, 0.3) is 0 Å². The van der Waals surface area contributed by atoms with E-state index in [4.69, 9.17) is 4.18 Å². The van der Waals surface area contributed by atoms with Gasteiger partial charge >= 0.3 is 10.1 Å². The Labute approximate surface area is 141 Å². The number of rotatable bonds is 4. The van der Waals surface area contributed by atoms with Crippen molar-refractivity contribution in [2.75, 3.05) is 0 Å². The molecule has 0 radical (unpaired) electrons. The molecule has 0 saturated carbocycles. The molecule has 0 unspecified atom stereocenters. The minimum Gasteiger partial charge on any atom is -0.357 e. The first-order valence-electron chi connectivity index (χ1n) is 7.62. The molecule has 6 heteroatoms. The van der Waals surface area contributed by atoms with Crippen LogP contribution in [0, 0.1) is 6.92 Å². The maximum atomic E-state index is 12.5. The average Bonchev–Trinajstić information content (AvgIpc) is 2.55. The van der Waals surface area contributed by atoms with Crippen LogP contribution in [0.15, 0.2) is 53.7 Å². The molecule has 0 aliphatic carbocycles. The highest BCUT2D eigenvalue weighted by molar-refractivity contribution is 7.87. The standard InChI is InChI=1S/C18H18N2O3S/c1-12(2)14-6-9-17-16(10-14)18(20-11-19-17)23-24(21,22)15-7-4-13(3)5-8-15/h4-12H,1-3H3. The van der Waals surface area contributed by atoms with E-state index in [0.717, 1.165) is 11.1 Å². The van der Waals surface area contributed by atoms with Crippen molar-refractivity contribution < 1.29 is 12.6 Å². The fourth-order valence-corrected chi connectivity index (χ4v) is 3.24. The molecule has 24 heavy (non-hydrogen) atoms. The van der Waals surface area contributed by atoms with E-state index in [2.05, 4.69) is 23.8 Å². The Morgan fingerprint density at radius 2 is 1.71 bits per heavy atom. The Bertz CT molecular complexity index is 981. The number of nitrogens with zero attached hydrogens (tertiary/aromatic N) is 2. The largest absolute Gasteiger partial charge is 0.357 e. The first-order valence-corrected chi connectivity index (χ1v) is 9.03. The molecule has 0 atom stereocenters. The fourth-order valence-electron chi connectivity index (χ4n) is 2.33. The van der Waals surface area contributed by atoms with E-state index in [1.165, 1.54) is 18.5 Å². The Kier molecular flexibility index (Phi) is 4.24. The third-order valence-corrected chi connectivity index (χ3v) is 5.01. The first kappa shape index (κ1) is 16.4. The summed E-state index contributed by atoms with van der Waals surface area (Å²) < 4.78 is 30.3. The molecule has 0 amide bonds. The molecule has 3 rings (SSSR count). The summed E-state index contributed by atoms with van der Waals surface area (Å²) in [6.45, 7) is 6.02. The van der Waals surface area contributed by atoms with E-state index in [9.17, 15) is 8.42 Å². The molecule has 124 valence electrons. The summed E-state index contributed by atoms with van der Waals surface area (Å²) in [6.07, 6.45) is 1.30. The predicted octanol–water partition coefficient (Wildman–Crippen LogP) is 3.83. The van der Waals surface area contributed by atoms with Crippen LogP contribution < -0.4 is 4.18 Å². The topological polar surface area (TPSA) is 69.2 Å². The summed E-state index contributed by atoms with van der Waals surface area (Å²) in [5.41, 5.74) is 2.68. The molecule has 0 saturated heterocycles. The van der Waals surface area contributed by atoms with Crippen LogP contribution in [0.3, 0.4) is 0 Å². The molecule has 5 nitrogen and oxygen atoms in total. The van der Waals surface area contributed by atoms with Crippen LogP contribution in [0.1, 0.15) is 30.9 Å². The molecule has 3 aromatic rings. The molecule has 0 fully saturated rings. The number of hydrogen-bond acceptors (Lipinski definition) is 5. The number of aryl methyl sites for hydroxylation is 1. The lowest BCUT2D eigenvalue weighted by atomic mass is 10.0. The zero-order chi connectivity index (χ0) is 17.3. The van der Waals surface area contributed by atoms with Crippen molar-refractivity contribution in [3.05, 3.63) is 59.9 Å². The van der Waals surface area contributed by atoms with Crippen LogP contribution in [-0.2, 0) is 10.1 Å². The smallest absolute Gasteiger partial charge is 0.340 e. The second kappa shape index (κ2) is 6.20. The molecule has 0 bridgehead atoms. The van der Waals surface area contributed by atoms with Gasteiger partial charge < -0.3 is 4.18 Å². The Morgan fingerprint density at radius 3 is 2.38 bits per heavy atom. The number of benzene rings is 2. The zero-order valence-corrected chi connectivity index (χ0v) is 14.5. The maximum absolute atomic E-state index is 12.5. The predicted molar refractivity (Wildman–Crippen MR) is 92.6 cm³/mol. The summed E-state index contributed by atoms with van der Waals surface area (Å²) >= 11 is 0. The normalized spacial score (nSPS) is 11.8. The molecular weight excluding hydrogens is 324 g/mol.